The van der Waals surface area contributed by atoms with Crippen molar-refractivity contribution in [3.8, 4) is 17.2 Å². The number of thiazole rings is 1. The lowest BCUT2D eigenvalue weighted by molar-refractivity contribution is -0.139. The lowest BCUT2D eigenvalue weighted by atomic mass is 9.95. The zero-order chi connectivity index (χ0) is 26.9. The first-order valence-electron chi connectivity index (χ1n) is 11.2. The number of aromatic nitrogens is 1. The second kappa shape index (κ2) is 11.0. The average Bonchev–Trinajstić information content (AvgIpc) is 3.19. The summed E-state index contributed by atoms with van der Waals surface area (Å²) in [6, 6.07) is 7.73. The van der Waals surface area contributed by atoms with Crippen LogP contribution < -0.4 is 29.1 Å². The lowest BCUT2D eigenvalue weighted by Crippen LogP contribution is -2.40. The predicted molar refractivity (Wildman–Crippen MR) is 143 cm³/mol. The third kappa shape index (κ3) is 4.86. The first-order chi connectivity index (χ1) is 17.7. The molecule has 0 unspecified atom stereocenters. The molecule has 8 nitrogen and oxygen atoms in total. The summed E-state index contributed by atoms with van der Waals surface area (Å²) >= 11 is 13.7. The molecule has 1 aromatic heterocycles. The Labute approximate surface area is 227 Å². The normalized spacial score (nSPS) is 15.2. The highest BCUT2D eigenvalue weighted by atomic mass is 35.5. The molecule has 11 heteroatoms. The fourth-order valence-corrected chi connectivity index (χ4v) is 5.54. The average molecular weight is 563 g/mol. The van der Waals surface area contributed by atoms with Crippen LogP contribution in [0.1, 0.15) is 31.0 Å². The highest BCUT2D eigenvalue weighted by Gasteiger charge is 2.34. The molecule has 4 rings (SSSR count). The molecule has 0 saturated heterocycles. The van der Waals surface area contributed by atoms with Crippen molar-refractivity contribution in [1.82, 2.24) is 4.57 Å². The van der Waals surface area contributed by atoms with Crippen molar-refractivity contribution in [2.45, 2.75) is 19.9 Å². The molecule has 2 aromatic carbocycles. The maximum atomic E-state index is 13.8. The quantitative estimate of drug-likeness (QED) is 0.402. The van der Waals surface area contributed by atoms with Gasteiger partial charge in [-0.15, -0.1) is 0 Å². The Morgan fingerprint density at radius 1 is 1.14 bits per heavy atom. The molecule has 0 aliphatic carbocycles. The number of rotatable bonds is 7. The number of nitrogens with zero attached hydrogens (tertiary/aromatic N) is 2. The number of hydrogen-bond donors (Lipinski definition) is 0. The monoisotopic (exact) mass is 562 g/mol. The second-order valence-corrected chi connectivity index (χ2v) is 9.70. The highest BCUT2D eigenvalue weighted by molar-refractivity contribution is 7.07. The molecule has 1 atom stereocenters. The number of methoxy groups -OCH3 is 3. The molecule has 194 valence electrons. The molecule has 0 saturated carbocycles. The summed E-state index contributed by atoms with van der Waals surface area (Å²) in [6.45, 7) is 3.59. The second-order valence-electron chi connectivity index (χ2n) is 7.90. The van der Waals surface area contributed by atoms with Crippen LogP contribution >= 0.6 is 34.5 Å². The van der Waals surface area contributed by atoms with Crippen LogP contribution in [0.2, 0.25) is 10.0 Å². The molecular weight excluding hydrogens is 539 g/mol. The number of carbonyl (C=O) groups is 1. The van der Waals surface area contributed by atoms with Gasteiger partial charge in [0.15, 0.2) is 16.3 Å². The first kappa shape index (κ1) is 26.8. The van der Waals surface area contributed by atoms with Gasteiger partial charge in [0, 0.05) is 0 Å². The number of fused-ring (bicyclic) bond motifs is 1. The minimum atomic E-state index is -0.860. The van der Waals surface area contributed by atoms with Crippen molar-refractivity contribution in [1.29, 1.82) is 0 Å². The van der Waals surface area contributed by atoms with Gasteiger partial charge in [0.25, 0.3) is 5.56 Å². The fourth-order valence-electron chi connectivity index (χ4n) is 4.14. The zero-order valence-corrected chi connectivity index (χ0v) is 23.1. The van der Waals surface area contributed by atoms with Gasteiger partial charge in [-0.3, -0.25) is 9.36 Å². The number of benzene rings is 2. The van der Waals surface area contributed by atoms with Crippen LogP contribution in [0.5, 0.6) is 17.2 Å². The number of ether oxygens (including phenoxy) is 4. The van der Waals surface area contributed by atoms with E-state index in [4.69, 9.17) is 42.1 Å². The van der Waals surface area contributed by atoms with Crippen molar-refractivity contribution in [3.05, 3.63) is 82.5 Å². The topological polar surface area (TPSA) is 88.4 Å². The van der Waals surface area contributed by atoms with Gasteiger partial charge in [-0.1, -0.05) is 46.7 Å². The van der Waals surface area contributed by atoms with Gasteiger partial charge >= 0.3 is 5.97 Å². The third-order valence-electron chi connectivity index (χ3n) is 5.79. The number of carbonyl (C=O) groups excluding carboxylic acids is 1. The summed E-state index contributed by atoms with van der Waals surface area (Å²) in [5.41, 5.74) is 1.46. The van der Waals surface area contributed by atoms with E-state index in [9.17, 15) is 9.59 Å². The van der Waals surface area contributed by atoms with Gasteiger partial charge in [-0.2, -0.15) is 0 Å². The Kier molecular flexibility index (Phi) is 7.96. The van der Waals surface area contributed by atoms with Crippen LogP contribution in [-0.4, -0.2) is 38.5 Å². The van der Waals surface area contributed by atoms with Gasteiger partial charge in [0.1, 0.15) is 0 Å². The number of hydrogen-bond acceptors (Lipinski definition) is 8. The maximum Gasteiger partial charge on any atom is 0.338 e. The number of esters is 1. The molecule has 2 heterocycles. The van der Waals surface area contributed by atoms with E-state index in [0.29, 0.717) is 53.5 Å². The first-order valence-corrected chi connectivity index (χ1v) is 12.8. The van der Waals surface area contributed by atoms with Crippen LogP contribution in [0.4, 0.5) is 0 Å². The Morgan fingerprint density at radius 2 is 1.81 bits per heavy atom. The van der Waals surface area contributed by atoms with Gasteiger partial charge in [-0.05, 0) is 49.2 Å². The van der Waals surface area contributed by atoms with Crippen molar-refractivity contribution in [3.63, 3.8) is 0 Å². The van der Waals surface area contributed by atoms with Crippen LogP contribution in [0.25, 0.3) is 6.08 Å². The summed E-state index contributed by atoms with van der Waals surface area (Å²) in [7, 11) is 4.49. The molecule has 1 aliphatic heterocycles. The molecular formula is C26H24Cl2N2O6S. The molecule has 3 aromatic rings. The van der Waals surface area contributed by atoms with E-state index in [-0.39, 0.29) is 17.7 Å². The van der Waals surface area contributed by atoms with Gasteiger partial charge in [0.05, 0.1) is 59.8 Å². The van der Waals surface area contributed by atoms with Crippen LogP contribution in [0, 0.1) is 0 Å². The summed E-state index contributed by atoms with van der Waals surface area (Å²) in [6.07, 6.45) is 1.66. The van der Waals surface area contributed by atoms with Crippen molar-refractivity contribution in [2.24, 2.45) is 4.99 Å². The molecule has 0 fully saturated rings. The molecule has 37 heavy (non-hydrogen) atoms. The summed E-state index contributed by atoms with van der Waals surface area (Å²) in [5, 5.41) is 0.707. The fraction of sp³-hybridized carbons (Fsp3) is 0.269. The molecule has 0 radical (unpaired) electrons. The number of allylic oxidation sites excluding steroid dienone is 1. The van der Waals surface area contributed by atoms with Gasteiger partial charge in [0.2, 0.25) is 5.75 Å². The highest BCUT2D eigenvalue weighted by Crippen LogP contribution is 2.42. The van der Waals surface area contributed by atoms with E-state index in [1.807, 2.05) is 0 Å². The zero-order valence-electron chi connectivity index (χ0n) is 20.8. The molecule has 0 bridgehead atoms. The standard InChI is InChI=1S/C26H24Cl2N2O6S/c1-6-36-25(32)20-13(2)29-26-30(22(20)15-10-17(33-3)23(35-5)18(11-15)34-4)24(31)19(37-26)12-14-8-7-9-16(27)21(14)28/h7-12,22H,6H2,1-5H3/b19-12-/t22-/m0/s1. The molecule has 0 N–H and O–H groups in total. The van der Waals surface area contributed by atoms with Crippen LogP contribution in [0.3, 0.4) is 0 Å². The Morgan fingerprint density at radius 3 is 2.41 bits per heavy atom. The smallest absolute Gasteiger partial charge is 0.338 e. The van der Waals surface area contributed by atoms with E-state index in [2.05, 4.69) is 4.99 Å². The Hall–Kier alpha value is -3.27. The van der Waals surface area contributed by atoms with E-state index in [0.717, 1.165) is 0 Å². The van der Waals surface area contributed by atoms with Crippen LogP contribution in [-0.2, 0) is 9.53 Å². The van der Waals surface area contributed by atoms with Crippen molar-refractivity contribution in [2.75, 3.05) is 27.9 Å². The van der Waals surface area contributed by atoms with E-state index >= 15 is 0 Å². The molecule has 1 aliphatic rings. The van der Waals surface area contributed by atoms with E-state index in [1.54, 1.807) is 50.3 Å². The third-order valence-corrected chi connectivity index (χ3v) is 7.60. The summed E-state index contributed by atoms with van der Waals surface area (Å²) < 4.78 is 23.7. The molecule has 0 spiro atoms. The maximum absolute atomic E-state index is 13.8. The lowest BCUT2D eigenvalue weighted by Gasteiger charge is -2.26. The summed E-state index contributed by atoms with van der Waals surface area (Å²) in [5.74, 6) is 0.565. The minimum absolute atomic E-state index is 0.162. The molecule has 0 amide bonds. The summed E-state index contributed by atoms with van der Waals surface area (Å²) in [4.78, 5) is 32.0. The van der Waals surface area contributed by atoms with E-state index in [1.165, 1.54) is 37.2 Å². The van der Waals surface area contributed by atoms with Crippen molar-refractivity contribution < 1.29 is 23.7 Å². The predicted octanol–water partition coefficient (Wildman–Crippen LogP) is 4.13. The van der Waals surface area contributed by atoms with Crippen LogP contribution in [0.15, 0.2) is 51.4 Å². The van der Waals surface area contributed by atoms with E-state index < -0.39 is 12.0 Å². The SMILES string of the molecule is CCOC(=O)C1=C(C)N=c2s/c(=C\c3cccc(Cl)c3Cl)c(=O)n2[C@H]1c1cc(OC)c(OC)c(OC)c1. The Balaban J connectivity index is 2.03. The van der Waals surface area contributed by atoms with Gasteiger partial charge in [-0.25, -0.2) is 9.79 Å². The Bertz CT molecular complexity index is 1570. The van der Waals surface area contributed by atoms with Crippen molar-refractivity contribution >= 4 is 46.6 Å². The number of halogens is 2. The minimum Gasteiger partial charge on any atom is -0.493 e. The van der Waals surface area contributed by atoms with Gasteiger partial charge < -0.3 is 18.9 Å². The largest absolute Gasteiger partial charge is 0.493 e.